The lowest BCUT2D eigenvalue weighted by atomic mass is 10.0. The number of hydrogen-bond donors (Lipinski definition) is 1. The van der Waals surface area contributed by atoms with Crippen LogP contribution in [0.5, 0.6) is 0 Å². The lowest BCUT2D eigenvalue weighted by Gasteiger charge is -2.26. The van der Waals surface area contributed by atoms with E-state index in [4.69, 9.17) is 11.6 Å². The van der Waals surface area contributed by atoms with Gasteiger partial charge in [0.05, 0.1) is 0 Å². The van der Waals surface area contributed by atoms with Crippen molar-refractivity contribution in [3.63, 3.8) is 0 Å². The summed E-state index contributed by atoms with van der Waals surface area (Å²) in [6, 6.07) is 15.2. The Hall–Kier alpha value is -2.33. The number of hydrogen-bond acceptors (Lipinski definition) is 2. The third-order valence-electron chi connectivity index (χ3n) is 4.93. The van der Waals surface area contributed by atoms with Gasteiger partial charge in [-0.15, -0.1) is 0 Å². The van der Waals surface area contributed by atoms with Crippen LogP contribution in [0.3, 0.4) is 0 Å². The summed E-state index contributed by atoms with van der Waals surface area (Å²) in [5.74, 6) is -0.333. The van der Waals surface area contributed by atoms with E-state index < -0.39 is 5.41 Å². The van der Waals surface area contributed by atoms with E-state index >= 15 is 0 Å². The molecule has 0 saturated heterocycles. The Morgan fingerprint density at radius 2 is 1.85 bits per heavy atom. The summed E-state index contributed by atoms with van der Waals surface area (Å²) in [6.45, 7) is 4.93. The lowest BCUT2D eigenvalue weighted by Crippen LogP contribution is -2.42. The number of anilines is 1. The van der Waals surface area contributed by atoms with Crippen molar-refractivity contribution in [1.82, 2.24) is 4.90 Å². The number of halogens is 1. The Balaban J connectivity index is 1.75. The first-order chi connectivity index (χ1) is 12.5. The molecule has 4 nitrogen and oxygen atoms in total. The van der Waals surface area contributed by atoms with Crippen LogP contribution in [0.2, 0.25) is 5.02 Å². The van der Waals surface area contributed by atoms with E-state index in [9.17, 15) is 9.59 Å². The molecule has 0 aliphatic heterocycles. The standard InChI is InChI=1S/C21H23ClN2O2/c1-3-24(14-16-7-5-4-6-8-16)20(26)21(11-12-21)19(25)23-18-13-17(22)10-9-15(18)2/h4-10,13H,3,11-12,14H2,1-2H3,(H,23,25). The highest BCUT2D eigenvalue weighted by Gasteiger charge is 2.57. The topological polar surface area (TPSA) is 49.4 Å². The van der Waals surface area contributed by atoms with E-state index in [0.29, 0.717) is 36.6 Å². The molecule has 1 fully saturated rings. The van der Waals surface area contributed by atoms with Gasteiger partial charge in [-0.2, -0.15) is 0 Å². The van der Waals surface area contributed by atoms with Gasteiger partial charge in [-0.25, -0.2) is 0 Å². The van der Waals surface area contributed by atoms with Crippen molar-refractivity contribution < 1.29 is 9.59 Å². The zero-order valence-corrected chi connectivity index (χ0v) is 15.8. The van der Waals surface area contributed by atoms with Gasteiger partial charge < -0.3 is 10.2 Å². The molecule has 26 heavy (non-hydrogen) atoms. The molecule has 0 aromatic heterocycles. The highest BCUT2D eigenvalue weighted by atomic mass is 35.5. The monoisotopic (exact) mass is 370 g/mol. The zero-order chi connectivity index (χ0) is 18.7. The molecule has 0 bridgehead atoms. The molecule has 0 heterocycles. The minimum Gasteiger partial charge on any atom is -0.338 e. The van der Waals surface area contributed by atoms with Gasteiger partial charge in [-0.1, -0.05) is 48.0 Å². The van der Waals surface area contributed by atoms with Crippen molar-refractivity contribution in [1.29, 1.82) is 0 Å². The number of nitrogens with one attached hydrogen (secondary N) is 1. The quantitative estimate of drug-likeness (QED) is 0.765. The highest BCUT2D eigenvalue weighted by molar-refractivity contribution is 6.31. The minimum atomic E-state index is -0.945. The van der Waals surface area contributed by atoms with Crippen LogP contribution in [-0.2, 0) is 16.1 Å². The molecule has 0 unspecified atom stereocenters. The Morgan fingerprint density at radius 1 is 1.15 bits per heavy atom. The van der Waals surface area contributed by atoms with E-state index in [1.807, 2.05) is 50.2 Å². The molecule has 0 radical (unpaired) electrons. The van der Waals surface area contributed by atoms with Crippen LogP contribution in [0, 0.1) is 12.3 Å². The molecule has 1 aliphatic carbocycles. The number of nitrogens with zero attached hydrogens (tertiary/aromatic N) is 1. The van der Waals surface area contributed by atoms with E-state index in [0.717, 1.165) is 11.1 Å². The smallest absolute Gasteiger partial charge is 0.240 e. The van der Waals surface area contributed by atoms with Gasteiger partial charge in [-0.3, -0.25) is 9.59 Å². The maximum absolute atomic E-state index is 13.1. The van der Waals surface area contributed by atoms with Crippen molar-refractivity contribution in [2.24, 2.45) is 5.41 Å². The largest absolute Gasteiger partial charge is 0.338 e. The van der Waals surface area contributed by atoms with Crippen molar-refractivity contribution in [3.05, 3.63) is 64.7 Å². The Labute approximate surface area is 159 Å². The fourth-order valence-electron chi connectivity index (χ4n) is 3.07. The van der Waals surface area contributed by atoms with Crippen molar-refractivity contribution in [3.8, 4) is 0 Å². The second-order valence-electron chi connectivity index (χ2n) is 6.80. The molecule has 1 saturated carbocycles. The van der Waals surface area contributed by atoms with E-state index in [-0.39, 0.29) is 11.8 Å². The second kappa shape index (κ2) is 7.50. The van der Waals surface area contributed by atoms with Crippen LogP contribution in [-0.4, -0.2) is 23.3 Å². The molecule has 1 N–H and O–H groups in total. The van der Waals surface area contributed by atoms with Crippen LogP contribution in [0.15, 0.2) is 48.5 Å². The van der Waals surface area contributed by atoms with Gasteiger partial charge in [0.1, 0.15) is 5.41 Å². The number of benzene rings is 2. The number of amides is 2. The molecule has 3 rings (SSSR count). The van der Waals surface area contributed by atoms with Crippen molar-refractivity contribution in [2.45, 2.75) is 33.2 Å². The molecule has 1 aliphatic rings. The SMILES string of the molecule is CCN(Cc1ccccc1)C(=O)C1(C(=O)Nc2cc(Cl)ccc2C)CC1. The molecule has 2 aromatic rings. The second-order valence-corrected chi connectivity index (χ2v) is 7.24. The molecule has 5 heteroatoms. The Kier molecular flexibility index (Phi) is 5.33. The van der Waals surface area contributed by atoms with Gasteiger partial charge in [0.25, 0.3) is 0 Å². The molecule has 2 aromatic carbocycles. The third kappa shape index (κ3) is 3.75. The number of carbonyl (C=O) groups is 2. The predicted molar refractivity (Wildman–Crippen MR) is 104 cm³/mol. The molecule has 0 spiro atoms. The fourth-order valence-corrected chi connectivity index (χ4v) is 3.24. The summed E-state index contributed by atoms with van der Waals surface area (Å²) in [5.41, 5.74) is 1.69. The van der Waals surface area contributed by atoms with Crippen molar-refractivity contribution >= 4 is 29.1 Å². The van der Waals surface area contributed by atoms with E-state index in [2.05, 4.69) is 5.32 Å². The summed E-state index contributed by atoms with van der Waals surface area (Å²) in [4.78, 5) is 27.7. The Bertz CT molecular complexity index is 816. The first-order valence-electron chi connectivity index (χ1n) is 8.87. The molecule has 2 amide bonds. The van der Waals surface area contributed by atoms with E-state index in [1.54, 1.807) is 17.0 Å². The van der Waals surface area contributed by atoms with Crippen LogP contribution >= 0.6 is 11.6 Å². The maximum Gasteiger partial charge on any atom is 0.240 e. The average molecular weight is 371 g/mol. The molecule has 136 valence electrons. The van der Waals surface area contributed by atoms with E-state index in [1.165, 1.54) is 0 Å². The summed E-state index contributed by atoms with van der Waals surface area (Å²) in [6.07, 6.45) is 1.17. The van der Waals surface area contributed by atoms with Gasteiger partial charge >= 0.3 is 0 Å². The predicted octanol–water partition coefficient (Wildman–Crippen LogP) is 4.42. The van der Waals surface area contributed by atoms with Gasteiger partial charge in [-0.05, 0) is 49.9 Å². The minimum absolute atomic E-state index is 0.0963. The first-order valence-corrected chi connectivity index (χ1v) is 9.25. The summed E-state index contributed by atoms with van der Waals surface area (Å²) in [5, 5.41) is 3.46. The summed E-state index contributed by atoms with van der Waals surface area (Å²) in [7, 11) is 0. The third-order valence-corrected chi connectivity index (χ3v) is 5.16. The van der Waals surface area contributed by atoms with Gasteiger partial charge in [0.2, 0.25) is 11.8 Å². The van der Waals surface area contributed by atoms with Crippen LogP contribution in [0.1, 0.15) is 30.9 Å². The zero-order valence-electron chi connectivity index (χ0n) is 15.1. The molecule has 0 atom stereocenters. The number of carbonyl (C=O) groups excluding carboxylic acids is 2. The summed E-state index contributed by atoms with van der Waals surface area (Å²) < 4.78 is 0. The lowest BCUT2D eigenvalue weighted by molar-refractivity contribution is -0.142. The molecular weight excluding hydrogens is 348 g/mol. The summed E-state index contributed by atoms with van der Waals surface area (Å²) >= 11 is 6.03. The van der Waals surface area contributed by atoms with Gasteiger partial charge in [0, 0.05) is 23.8 Å². The highest BCUT2D eigenvalue weighted by Crippen LogP contribution is 2.48. The first kappa shape index (κ1) is 18.5. The Morgan fingerprint density at radius 3 is 2.46 bits per heavy atom. The normalized spacial score (nSPS) is 14.6. The van der Waals surface area contributed by atoms with Crippen molar-refractivity contribution in [2.75, 3.05) is 11.9 Å². The number of aryl methyl sites for hydroxylation is 1. The van der Waals surface area contributed by atoms with Crippen LogP contribution < -0.4 is 5.32 Å². The average Bonchev–Trinajstić information content (AvgIpc) is 3.45. The fraction of sp³-hybridized carbons (Fsp3) is 0.333. The van der Waals surface area contributed by atoms with Crippen LogP contribution in [0.4, 0.5) is 5.69 Å². The number of rotatable bonds is 6. The van der Waals surface area contributed by atoms with Gasteiger partial charge in [0.15, 0.2) is 0 Å². The van der Waals surface area contributed by atoms with Crippen LogP contribution in [0.25, 0.3) is 0 Å². The molecular formula is C21H23ClN2O2. The maximum atomic E-state index is 13.1.